The number of ether oxygens (including phenoxy) is 1. The van der Waals surface area contributed by atoms with Crippen LogP contribution in [0.3, 0.4) is 0 Å². The van der Waals surface area contributed by atoms with Crippen molar-refractivity contribution in [2.45, 2.75) is 6.61 Å². The van der Waals surface area contributed by atoms with Crippen LogP contribution in [0.1, 0.15) is 22.5 Å². The summed E-state index contributed by atoms with van der Waals surface area (Å²) < 4.78 is 7.88. The van der Waals surface area contributed by atoms with Gasteiger partial charge in [0.15, 0.2) is 0 Å². The van der Waals surface area contributed by atoms with Gasteiger partial charge >= 0.3 is 0 Å². The molecule has 4 nitrogen and oxygen atoms in total. The van der Waals surface area contributed by atoms with Crippen LogP contribution in [-0.4, -0.2) is 14.8 Å². The van der Waals surface area contributed by atoms with Gasteiger partial charge < -0.3 is 4.74 Å². The molecule has 0 saturated carbocycles. The Hall–Kier alpha value is -3.89. The molecule has 2 heterocycles. The van der Waals surface area contributed by atoms with E-state index in [0.717, 1.165) is 49.8 Å². The van der Waals surface area contributed by atoms with Gasteiger partial charge in [-0.15, -0.1) is 0 Å². The molecule has 0 N–H and O–H groups in total. The van der Waals surface area contributed by atoms with E-state index in [1.165, 1.54) is 0 Å². The van der Waals surface area contributed by atoms with Crippen molar-refractivity contribution in [2.24, 2.45) is 7.05 Å². The lowest BCUT2D eigenvalue weighted by Gasteiger charge is -2.11. The molecule has 0 unspecified atom stereocenters. The second-order valence-corrected chi connectivity index (χ2v) is 8.19. The molecule has 0 aliphatic rings. The third-order valence-corrected chi connectivity index (χ3v) is 5.74. The van der Waals surface area contributed by atoms with Gasteiger partial charge in [-0.3, -0.25) is 4.68 Å². The smallest absolute Gasteiger partial charge is 0.130 e. The number of hydrogen-bond acceptors (Lipinski definition) is 3. The minimum Gasteiger partial charge on any atom is -0.487 e. The zero-order chi connectivity index (χ0) is 22.6. The summed E-state index contributed by atoms with van der Waals surface area (Å²) in [6.07, 6.45) is 3.95. The van der Waals surface area contributed by atoms with Crippen molar-refractivity contribution in [3.05, 3.63) is 125 Å². The molecule has 0 aliphatic carbocycles. The van der Waals surface area contributed by atoms with Gasteiger partial charge in [0, 0.05) is 29.2 Å². The Balaban J connectivity index is 1.38. The molecule has 33 heavy (non-hydrogen) atoms. The molecule has 2 aromatic heterocycles. The first kappa shape index (κ1) is 21.0. The molecule has 3 aromatic carbocycles. The number of aromatic nitrogens is 3. The van der Waals surface area contributed by atoms with E-state index in [0.29, 0.717) is 6.61 Å². The zero-order valence-electron chi connectivity index (χ0n) is 18.1. The Morgan fingerprint density at radius 2 is 1.70 bits per heavy atom. The number of hydrogen-bond donors (Lipinski definition) is 0. The number of aryl methyl sites for hydroxylation is 1. The van der Waals surface area contributed by atoms with Gasteiger partial charge in [0.1, 0.15) is 12.4 Å². The summed E-state index contributed by atoms with van der Waals surface area (Å²) in [5.74, 6) is 0.796. The first-order chi connectivity index (χ1) is 16.2. The van der Waals surface area contributed by atoms with Crippen molar-refractivity contribution in [1.29, 1.82) is 0 Å². The molecule has 0 saturated heterocycles. The van der Waals surface area contributed by atoms with E-state index in [1.807, 2.05) is 78.5 Å². The summed E-state index contributed by atoms with van der Waals surface area (Å²) in [6, 6.07) is 30.1. The van der Waals surface area contributed by atoms with Gasteiger partial charge in [0.25, 0.3) is 0 Å². The Labute approximate surface area is 197 Å². The van der Waals surface area contributed by atoms with Crippen LogP contribution in [0.4, 0.5) is 0 Å². The topological polar surface area (TPSA) is 39.9 Å². The number of benzene rings is 3. The summed E-state index contributed by atoms with van der Waals surface area (Å²) in [5, 5.41) is 6.19. The highest BCUT2D eigenvalue weighted by molar-refractivity contribution is 6.30. The van der Waals surface area contributed by atoms with Gasteiger partial charge in [-0.2, -0.15) is 5.10 Å². The van der Waals surface area contributed by atoms with Crippen molar-refractivity contribution in [3.63, 3.8) is 0 Å². The number of nitrogens with zero attached hydrogens (tertiary/aromatic N) is 3. The second kappa shape index (κ2) is 9.31. The molecule has 5 rings (SSSR count). The third-order valence-electron chi connectivity index (χ3n) is 5.49. The quantitative estimate of drug-likeness (QED) is 0.267. The summed E-state index contributed by atoms with van der Waals surface area (Å²) in [7, 11) is 1.94. The van der Waals surface area contributed by atoms with Gasteiger partial charge in [0.05, 0.1) is 16.9 Å². The van der Waals surface area contributed by atoms with E-state index < -0.39 is 0 Å². The standard InChI is InChI=1S/C28H22ClN3O/c1-32-28(16-17-30-32)26(18-20-6-11-23(29)12-7-20)21-9-14-25(15-10-21)33-19-24-13-8-22-4-2-3-5-27(22)31-24/h2-18H,19H2,1H3/b26-18-. The maximum atomic E-state index is 6.06. The zero-order valence-corrected chi connectivity index (χ0v) is 18.9. The Morgan fingerprint density at radius 1 is 0.909 bits per heavy atom. The molecule has 0 aliphatic heterocycles. The van der Waals surface area contributed by atoms with Crippen LogP contribution in [0.15, 0.2) is 97.2 Å². The van der Waals surface area contributed by atoms with Crippen LogP contribution >= 0.6 is 11.6 Å². The van der Waals surface area contributed by atoms with Crippen molar-refractivity contribution >= 4 is 34.2 Å². The summed E-state index contributed by atoms with van der Waals surface area (Å²) in [4.78, 5) is 4.68. The van der Waals surface area contributed by atoms with Crippen LogP contribution in [0.5, 0.6) is 5.75 Å². The number of fused-ring (bicyclic) bond motifs is 1. The molecule has 0 bridgehead atoms. The largest absolute Gasteiger partial charge is 0.487 e. The Morgan fingerprint density at radius 3 is 2.45 bits per heavy atom. The van der Waals surface area contributed by atoms with Gasteiger partial charge in [-0.25, -0.2) is 4.98 Å². The van der Waals surface area contributed by atoms with Gasteiger partial charge in [-0.1, -0.05) is 60.1 Å². The number of rotatable bonds is 6. The van der Waals surface area contributed by atoms with Crippen LogP contribution in [0.2, 0.25) is 5.02 Å². The first-order valence-corrected chi connectivity index (χ1v) is 11.1. The van der Waals surface area contributed by atoms with Crippen molar-refractivity contribution in [2.75, 3.05) is 0 Å². The molecule has 5 aromatic rings. The number of pyridine rings is 1. The summed E-state index contributed by atoms with van der Waals surface area (Å²) >= 11 is 6.06. The van der Waals surface area contributed by atoms with E-state index in [9.17, 15) is 0 Å². The maximum absolute atomic E-state index is 6.06. The summed E-state index contributed by atoms with van der Waals surface area (Å²) in [5.41, 5.74) is 6.11. The first-order valence-electron chi connectivity index (χ1n) is 10.7. The highest BCUT2D eigenvalue weighted by Gasteiger charge is 2.10. The Kier molecular flexibility index (Phi) is 5.92. The fourth-order valence-corrected chi connectivity index (χ4v) is 3.87. The number of halogens is 1. The van der Waals surface area contributed by atoms with Gasteiger partial charge in [0.2, 0.25) is 0 Å². The van der Waals surface area contributed by atoms with Crippen LogP contribution in [0, 0.1) is 0 Å². The predicted molar refractivity (Wildman–Crippen MR) is 134 cm³/mol. The van der Waals surface area contributed by atoms with E-state index in [4.69, 9.17) is 16.3 Å². The predicted octanol–water partition coefficient (Wildman–Crippen LogP) is 6.79. The third kappa shape index (κ3) is 4.81. The summed E-state index contributed by atoms with van der Waals surface area (Å²) in [6.45, 7) is 0.416. The molecular weight excluding hydrogens is 430 g/mol. The molecule has 0 atom stereocenters. The molecule has 162 valence electrons. The van der Waals surface area contributed by atoms with E-state index in [2.05, 4.69) is 40.4 Å². The average Bonchev–Trinajstić information content (AvgIpc) is 3.28. The minimum atomic E-state index is 0.416. The van der Waals surface area contributed by atoms with Crippen molar-refractivity contribution in [1.82, 2.24) is 14.8 Å². The molecule has 5 heteroatoms. The SMILES string of the molecule is Cn1nccc1/C(=C\c1ccc(Cl)cc1)c1ccc(OCc2ccc3ccccc3n2)cc1. The normalized spacial score (nSPS) is 11.6. The van der Waals surface area contributed by atoms with Crippen LogP contribution < -0.4 is 4.74 Å². The highest BCUT2D eigenvalue weighted by atomic mass is 35.5. The monoisotopic (exact) mass is 451 g/mol. The van der Waals surface area contributed by atoms with Crippen LogP contribution in [-0.2, 0) is 13.7 Å². The van der Waals surface area contributed by atoms with Crippen molar-refractivity contribution in [3.8, 4) is 5.75 Å². The second-order valence-electron chi connectivity index (χ2n) is 7.76. The Bertz CT molecular complexity index is 1420. The molecule has 0 amide bonds. The van der Waals surface area contributed by atoms with E-state index in [-0.39, 0.29) is 0 Å². The highest BCUT2D eigenvalue weighted by Crippen LogP contribution is 2.28. The fraction of sp³-hybridized carbons (Fsp3) is 0.0714. The van der Waals surface area contributed by atoms with E-state index >= 15 is 0 Å². The molecule has 0 spiro atoms. The van der Waals surface area contributed by atoms with Crippen LogP contribution in [0.25, 0.3) is 22.6 Å². The van der Waals surface area contributed by atoms with Gasteiger partial charge in [-0.05, 0) is 59.7 Å². The lowest BCUT2D eigenvalue weighted by atomic mass is 9.99. The number of para-hydroxylation sites is 1. The minimum absolute atomic E-state index is 0.416. The van der Waals surface area contributed by atoms with E-state index in [1.54, 1.807) is 6.20 Å². The molecule has 0 radical (unpaired) electrons. The van der Waals surface area contributed by atoms with Crippen molar-refractivity contribution < 1.29 is 4.74 Å². The molecule has 0 fully saturated rings. The lowest BCUT2D eigenvalue weighted by molar-refractivity contribution is 0.302. The fourth-order valence-electron chi connectivity index (χ4n) is 3.75. The average molecular weight is 452 g/mol. The maximum Gasteiger partial charge on any atom is 0.130 e. The molecular formula is C28H22ClN3O. The lowest BCUT2D eigenvalue weighted by Crippen LogP contribution is -2.00.